The van der Waals surface area contributed by atoms with Gasteiger partial charge in [0.15, 0.2) is 0 Å². The van der Waals surface area contributed by atoms with Crippen LogP contribution in [0.1, 0.15) is 11.7 Å². The molecule has 0 saturated heterocycles. The molecule has 0 bridgehead atoms. The van der Waals surface area contributed by atoms with E-state index in [-0.39, 0.29) is 16.6 Å². The summed E-state index contributed by atoms with van der Waals surface area (Å²) in [5.41, 5.74) is 4.70. The van der Waals surface area contributed by atoms with Crippen LogP contribution in [-0.4, -0.2) is 11.7 Å². The lowest BCUT2D eigenvalue weighted by molar-refractivity contribution is 0.176. The second-order valence-corrected chi connectivity index (χ2v) is 3.45. The smallest absolute Gasteiger partial charge is 0.133 e. The summed E-state index contributed by atoms with van der Waals surface area (Å²) >= 11 is 2.93. The first kappa shape index (κ1) is 10.6. The van der Waals surface area contributed by atoms with Crippen molar-refractivity contribution < 1.29 is 13.9 Å². The molecule has 0 aliphatic rings. The minimum Gasteiger partial charge on any atom is -0.387 e. The van der Waals surface area contributed by atoms with Crippen LogP contribution in [0.3, 0.4) is 0 Å². The third kappa shape index (κ3) is 2.24. The van der Waals surface area contributed by atoms with Gasteiger partial charge in [-0.15, -0.1) is 0 Å². The lowest BCUT2D eigenvalue weighted by Gasteiger charge is -2.10. The van der Waals surface area contributed by atoms with Crippen molar-refractivity contribution in [1.29, 1.82) is 0 Å². The highest BCUT2D eigenvalue weighted by Gasteiger charge is 2.17. The fourth-order valence-corrected chi connectivity index (χ4v) is 1.39. The van der Waals surface area contributed by atoms with Crippen molar-refractivity contribution in [1.82, 2.24) is 0 Å². The molecule has 0 heterocycles. The van der Waals surface area contributed by atoms with Crippen molar-refractivity contribution in [2.45, 2.75) is 6.10 Å². The van der Waals surface area contributed by atoms with E-state index in [0.717, 1.165) is 12.1 Å². The van der Waals surface area contributed by atoms with E-state index >= 15 is 0 Å². The lowest BCUT2D eigenvalue weighted by Crippen LogP contribution is -2.14. The highest BCUT2D eigenvalue weighted by atomic mass is 79.9. The Morgan fingerprint density at radius 3 is 2.23 bits per heavy atom. The summed E-state index contributed by atoms with van der Waals surface area (Å²) in [4.78, 5) is 0. The molecule has 3 N–H and O–H groups in total. The van der Waals surface area contributed by atoms with Gasteiger partial charge in [0.25, 0.3) is 0 Å². The van der Waals surface area contributed by atoms with Crippen molar-refractivity contribution in [3.63, 3.8) is 0 Å². The molecule has 0 unspecified atom stereocenters. The van der Waals surface area contributed by atoms with Crippen LogP contribution in [0.15, 0.2) is 16.6 Å². The highest BCUT2D eigenvalue weighted by molar-refractivity contribution is 9.10. The molecular weight excluding hydrogens is 244 g/mol. The number of aliphatic hydroxyl groups excluding tert-OH is 1. The largest absolute Gasteiger partial charge is 0.387 e. The van der Waals surface area contributed by atoms with Crippen molar-refractivity contribution in [2.75, 3.05) is 6.54 Å². The molecule has 2 nitrogen and oxygen atoms in total. The quantitative estimate of drug-likeness (QED) is 0.841. The van der Waals surface area contributed by atoms with E-state index < -0.39 is 17.7 Å². The molecule has 1 aromatic carbocycles. The molecule has 0 aliphatic heterocycles. The summed E-state index contributed by atoms with van der Waals surface area (Å²) in [6, 6.07) is 2.16. The number of halogens is 3. The summed E-state index contributed by atoms with van der Waals surface area (Å²) in [7, 11) is 0. The number of nitrogens with two attached hydrogens (primary N) is 1. The minimum atomic E-state index is -1.30. The van der Waals surface area contributed by atoms with Gasteiger partial charge in [-0.05, 0) is 12.1 Å². The molecule has 0 fully saturated rings. The average molecular weight is 252 g/mol. The number of aliphatic hydroxyl groups is 1. The number of hydrogen-bond donors (Lipinski definition) is 2. The summed E-state index contributed by atoms with van der Waals surface area (Å²) in [6.45, 7) is -0.213. The first-order chi connectivity index (χ1) is 6.06. The fraction of sp³-hybridized carbons (Fsp3) is 0.250. The van der Waals surface area contributed by atoms with Gasteiger partial charge in [0.2, 0.25) is 0 Å². The second kappa shape index (κ2) is 4.13. The maximum atomic E-state index is 13.1. The Bertz CT molecular complexity index is 296. The second-order valence-electron chi connectivity index (χ2n) is 2.53. The van der Waals surface area contributed by atoms with Crippen LogP contribution in [-0.2, 0) is 0 Å². The molecule has 1 rings (SSSR count). The normalized spacial score (nSPS) is 13.0. The zero-order valence-electron chi connectivity index (χ0n) is 6.60. The summed E-state index contributed by atoms with van der Waals surface area (Å²) < 4.78 is 26.4. The summed E-state index contributed by atoms with van der Waals surface area (Å²) in [6.07, 6.45) is -1.30. The van der Waals surface area contributed by atoms with Crippen LogP contribution in [0.5, 0.6) is 0 Å². The Balaban J connectivity index is 3.20. The van der Waals surface area contributed by atoms with E-state index in [1.807, 2.05) is 0 Å². The third-order valence-electron chi connectivity index (χ3n) is 1.60. The monoisotopic (exact) mass is 251 g/mol. The standard InChI is InChI=1S/C8H8BrF2NO/c9-4-1-5(10)8(6(11)2-4)7(13)3-12/h1-2,7,13H,3,12H2/t7-/m0/s1. The molecule has 0 spiro atoms. The topological polar surface area (TPSA) is 46.2 Å². The van der Waals surface area contributed by atoms with Crippen molar-refractivity contribution in [3.8, 4) is 0 Å². The van der Waals surface area contributed by atoms with Gasteiger partial charge < -0.3 is 10.8 Å². The van der Waals surface area contributed by atoms with Gasteiger partial charge >= 0.3 is 0 Å². The minimum absolute atomic E-state index is 0.213. The van der Waals surface area contributed by atoms with Gasteiger partial charge in [-0.1, -0.05) is 15.9 Å². The first-order valence-corrected chi connectivity index (χ1v) is 4.38. The predicted molar refractivity (Wildman–Crippen MR) is 48.1 cm³/mol. The molecule has 1 aromatic rings. The van der Waals surface area contributed by atoms with Crippen LogP contribution in [0.4, 0.5) is 8.78 Å². The van der Waals surface area contributed by atoms with E-state index in [4.69, 9.17) is 10.8 Å². The lowest BCUT2D eigenvalue weighted by atomic mass is 10.1. The Labute approximate surface area is 82.5 Å². The molecule has 0 aliphatic carbocycles. The van der Waals surface area contributed by atoms with Crippen LogP contribution >= 0.6 is 15.9 Å². The van der Waals surface area contributed by atoms with E-state index in [1.54, 1.807) is 0 Å². The molecule has 13 heavy (non-hydrogen) atoms. The zero-order chi connectivity index (χ0) is 10.0. The van der Waals surface area contributed by atoms with E-state index in [9.17, 15) is 8.78 Å². The number of hydrogen-bond acceptors (Lipinski definition) is 2. The molecule has 0 saturated carbocycles. The molecule has 72 valence electrons. The molecule has 0 amide bonds. The molecule has 1 atom stereocenters. The molecule has 5 heteroatoms. The van der Waals surface area contributed by atoms with Gasteiger partial charge in [0.05, 0.1) is 11.7 Å². The van der Waals surface area contributed by atoms with Gasteiger partial charge in [-0.3, -0.25) is 0 Å². The Kier molecular flexibility index (Phi) is 3.35. The van der Waals surface area contributed by atoms with E-state index in [1.165, 1.54) is 0 Å². The molecule has 0 aromatic heterocycles. The van der Waals surface area contributed by atoms with Crippen molar-refractivity contribution >= 4 is 15.9 Å². The van der Waals surface area contributed by atoms with Crippen LogP contribution in [0.2, 0.25) is 0 Å². The molecule has 0 radical (unpaired) electrons. The van der Waals surface area contributed by atoms with Gasteiger partial charge in [0.1, 0.15) is 11.6 Å². The molecular formula is C8H8BrF2NO. The number of rotatable bonds is 2. The van der Waals surface area contributed by atoms with Crippen molar-refractivity contribution in [2.24, 2.45) is 5.73 Å². The van der Waals surface area contributed by atoms with E-state index in [2.05, 4.69) is 15.9 Å². The van der Waals surface area contributed by atoms with Crippen LogP contribution in [0.25, 0.3) is 0 Å². The zero-order valence-corrected chi connectivity index (χ0v) is 8.18. The van der Waals surface area contributed by atoms with Gasteiger partial charge in [-0.25, -0.2) is 8.78 Å². The Morgan fingerprint density at radius 2 is 1.85 bits per heavy atom. The Morgan fingerprint density at radius 1 is 1.38 bits per heavy atom. The third-order valence-corrected chi connectivity index (χ3v) is 2.06. The van der Waals surface area contributed by atoms with Gasteiger partial charge in [0, 0.05) is 11.0 Å². The van der Waals surface area contributed by atoms with Gasteiger partial charge in [-0.2, -0.15) is 0 Å². The van der Waals surface area contributed by atoms with Crippen molar-refractivity contribution in [3.05, 3.63) is 33.8 Å². The summed E-state index contributed by atoms with van der Waals surface area (Å²) in [5, 5.41) is 9.16. The number of benzene rings is 1. The maximum absolute atomic E-state index is 13.1. The highest BCUT2D eigenvalue weighted by Crippen LogP contribution is 2.24. The van der Waals surface area contributed by atoms with Crippen LogP contribution in [0, 0.1) is 11.6 Å². The Hall–Kier alpha value is -0.520. The SMILES string of the molecule is NC[C@H](O)c1c(F)cc(Br)cc1F. The fourth-order valence-electron chi connectivity index (χ4n) is 0.990. The first-order valence-electron chi connectivity index (χ1n) is 3.59. The predicted octanol–water partition coefficient (Wildman–Crippen LogP) is 1.72. The summed E-state index contributed by atoms with van der Waals surface area (Å²) in [5.74, 6) is -1.60. The van der Waals surface area contributed by atoms with Crippen LogP contribution < -0.4 is 5.73 Å². The maximum Gasteiger partial charge on any atom is 0.133 e. The van der Waals surface area contributed by atoms with E-state index in [0.29, 0.717) is 0 Å². The average Bonchev–Trinajstić information content (AvgIpc) is 2.02.